The molecule has 3 amide bonds. The van der Waals surface area contributed by atoms with Crippen molar-refractivity contribution in [3.63, 3.8) is 0 Å². The van der Waals surface area contributed by atoms with Crippen LogP contribution >= 0.6 is 0 Å². The number of primary amides is 2. The number of ether oxygens (including phenoxy) is 1. The summed E-state index contributed by atoms with van der Waals surface area (Å²) in [7, 11) is 0. The average Bonchev–Trinajstić information content (AvgIpc) is 2.53. The SMILES string of the molecule is NC(=O)C(OC(=O)Nc1ccccc1)(C(N)=O)c1ccccc1. The number of hydrogen-bond donors (Lipinski definition) is 3. The minimum atomic E-state index is -2.39. The molecule has 2 aromatic rings. The van der Waals surface area contributed by atoms with E-state index in [1.165, 1.54) is 12.1 Å². The van der Waals surface area contributed by atoms with Crippen LogP contribution in [0.15, 0.2) is 60.7 Å². The summed E-state index contributed by atoms with van der Waals surface area (Å²) in [6.07, 6.45) is -1.03. The second-order valence-electron chi connectivity index (χ2n) is 4.66. The standard InChI is InChI=1S/C16H15N3O4/c17-13(20)16(14(18)21,11-7-3-1-4-8-11)23-15(22)19-12-9-5-2-6-10-12/h1-10H,(H2,17,20)(H2,18,21)(H,19,22). The van der Waals surface area contributed by atoms with Gasteiger partial charge in [0.05, 0.1) is 0 Å². The fraction of sp³-hybridized carbons (Fsp3) is 0.0625. The summed E-state index contributed by atoms with van der Waals surface area (Å²) in [5.74, 6) is -2.36. The quantitative estimate of drug-likeness (QED) is 0.715. The largest absolute Gasteiger partial charge is 0.417 e. The highest BCUT2D eigenvalue weighted by atomic mass is 16.6. The minimum absolute atomic E-state index is 0.0724. The predicted molar refractivity (Wildman–Crippen MR) is 83.1 cm³/mol. The number of rotatable bonds is 5. The van der Waals surface area contributed by atoms with Gasteiger partial charge in [0.1, 0.15) is 0 Å². The van der Waals surface area contributed by atoms with E-state index in [0.29, 0.717) is 5.69 Å². The van der Waals surface area contributed by atoms with Crippen LogP contribution in [-0.4, -0.2) is 17.9 Å². The minimum Gasteiger partial charge on any atom is -0.417 e. The fourth-order valence-electron chi connectivity index (χ4n) is 2.04. The van der Waals surface area contributed by atoms with Crippen LogP contribution in [0.5, 0.6) is 0 Å². The molecule has 0 fully saturated rings. The Bertz CT molecular complexity index is 703. The van der Waals surface area contributed by atoms with Gasteiger partial charge in [0, 0.05) is 11.3 Å². The number of anilines is 1. The summed E-state index contributed by atoms with van der Waals surface area (Å²) >= 11 is 0. The van der Waals surface area contributed by atoms with Crippen LogP contribution in [0.3, 0.4) is 0 Å². The maximum atomic E-state index is 12.1. The molecule has 0 saturated heterocycles. The maximum absolute atomic E-state index is 12.1. The van der Waals surface area contributed by atoms with Crippen LogP contribution in [-0.2, 0) is 19.9 Å². The highest BCUT2D eigenvalue weighted by Gasteiger charge is 2.49. The first-order valence-corrected chi connectivity index (χ1v) is 6.67. The van der Waals surface area contributed by atoms with E-state index in [1.807, 2.05) is 0 Å². The van der Waals surface area contributed by atoms with Crippen LogP contribution in [0, 0.1) is 0 Å². The van der Waals surface area contributed by atoms with E-state index in [4.69, 9.17) is 16.2 Å². The molecular weight excluding hydrogens is 298 g/mol. The van der Waals surface area contributed by atoms with E-state index < -0.39 is 23.5 Å². The molecule has 118 valence electrons. The van der Waals surface area contributed by atoms with Gasteiger partial charge in [-0.05, 0) is 12.1 Å². The Balaban J connectivity index is 2.34. The molecular formula is C16H15N3O4. The number of carbonyl (C=O) groups is 3. The molecule has 0 aromatic heterocycles. The third kappa shape index (κ3) is 3.29. The van der Waals surface area contributed by atoms with Gasteiger partial charge in [-0.1, -0.05) is 48.5 Å². The van der Waals surface area contributed by atoms with E-state index in [-0.39, 0.29) is 5.56 Å². The molecule has 23 heavy (non-hydrogen) atoms. The van der Waals surface area contributed by atoms with Gasteiger partial charge in [-0.15, -0.1) is 0 Å². The van der Waals surface area contributed by atoms with E-state index in [1.54, 1.807) is 48.5 Å². The fourth-order valence-corrected chi connectivity index (χ4v) is 2.04. The Morgan fingerprint density at radius 3 is 1.78 bits per heavy atom. The third-order valence-electron chi connectivity index (χ3n) is 3.14. The molecule has 0 bridgehead atoms. The van der Waals surface area contributed by atoms with Crippen molar-refractivity contribution in [1.29, 1.82) is 0 Å². The lowest BCUT2D eigenvalue weighted by Gasteiger charge is -2.27. The van der Waals surface area contributed by atoms with Gasteiger partial charge < -0.3 is 16.2 Å². The summed E-state index contributed by atoms with van der Waals surface area (Å²) in [4.78, 5) is 35.8. The molecule has 2 rings (SSSR count). The predicted octanol–water partition coefficient (Wildman–Crippen LogP) is 1.10. The first-order valence-electron chi connectivity index (χ1n) is 6.67. The van der Waals surface area contributed by atoms with Crippen LogP contribution in [0.25, 0.3) is 0 Å². The Morgan fingerprint density at radius 2 is 1.30 bits per heavy atom. The molecule has 5 N–H and O–H groups in total. The highest BCUT2D eigenvalue weighted by Crippen LogP contribution is 2.26. The Morgan fingerprint density at radius 1 is 0.826 bits per heavy atom. The van der Waals surface area contributed by atoms with Crippen molar-refractivity contribution >= 4 is 23.6 Å². The summed E-state index contributed by atoms with van der Waals surface area (Å²) in [5, 5.41) is 2.40. The average molecular weight is 313 g/mol. The molecule has 0 radical (unpaired) electrons. The molecule has 0 aliphatic heterocycles. The van der Waals surface area contributed by atoms with E-state index in [0.717, 1.165) is 0 Å². The van der Waals surface area contributed by atoms with Gasteiger partial charge in [-0.25, -0.2) is 4.79 Å². The topological polar surface area (TPSA) is 125 Å². The summed E-state index contributed by atoms with van der Waals surface area (Å²) in [5.41, 5.74) is 8.71. The molecule has 0 aliphatic rings. The number of amides is 3. The summed E-state index contributed by atoms with van der Waals surface area (Å²) < 4.78 is 5.05. The van der Waals surface area contributed by atoms with Crippen molar-refractivity contribution in [1.82, 2.24) is 0 Å². The van der Waals surface area contributed by atoms with Crippen LogP contribution < -0.4 is 16.8 Å². The molecule has 7 nitrogen and oxygen atoms in total. The second-order valence-corrected chi connectivity index (χ2v) is 4.66. The summed E-state index contributed by atoms with van der Waals surface area (Å²) in [6, 6.07) is 16.0. The lowest BCUT2D eigenvalue weighted by molar-refractivity contribution is -0.150. The van der Waals surface area contributed by atoms with Gasteiger partial charge in [0.15, 0.2) is 0 Å². The zero-order valence-electron chi connectivity index (χ0n) is 12.1. The number of nitrogens with two attached hydrogens (primary N) is 2. The van der Waals surface area contributed by atoms with Gasteiger partial charge in [-0.3, -0.25) is 14.9 Å². The van der Waals surface area contributed by atoms with Crippen molar-refractivity contribution in [3.05, 3.63) is 66.2 Å². The third-order valence-corrected chi connectivity index (χ3v) is 3.14. The lowest BCUT2D eigenvalue weighted by atomic mass is 9.92. The monoisotopic (exact) mass is 313 g/mol. The molecule has 0 aliphatic carbocycles. The van der Waals surface area contributed by atoms with E-state index in [9.17, 15) is 14.4 Å². The van der Waals surface area contributed by atoms with E-state index >= 15 is 0 Å². The van der Waals surface area contributed by atoms with Crippen molar-refractivity contribution < 1.29 is 19.1 Å². The molecule has 0 spiro atoms. The van der Waals surface area contributed by atoms with Crippen LogP contribution in [0.2, 0.25) is 0 Å². The molecule has 2 aromatic carbocycles. The van der Waals surface area contributed by atoms with Gasteiger partial charge in [0.25, 0.3) is 17.4 Å². The van der Waals surface area contributed by atoms with Crippen molar-refractivity contribution in [2.45, 2.75) is 5.60 Å². The van der Waals surface area contributed by atoms with Crippen molar-refractivity contribution in [2.75, 3.05) is 5.32 Å². The first kappa shape index (κ1) is 16.0. The molecule has 7 heteroatoms. The Hall–Kier alpha value is -3.35. The number of nitrogens with one attached hydrogen (secondary N) is 1. The van der Waals surface area contributed by atoms with Gasteiger partial charge in [0.2, 0.25) is 0 Å². The molecule has 0 unspecified atom stereocenters. The first-order chi connectivity index (χ1) is 11.0. The molecule has 0 heterocycles. The Kier molecular flexibility index (Phi) is 4.61. The van der Waals surface area contributed by atoms with Crippen molar-refractivity contribution in [3.8, 4) is 0 Å². The van der Waals surface area contributed by atoms with E-state index in [2.05, 4.69) is 5.32 Å². The maximum Gasteiger partial charge on any atom is 0.413 e. The number of hydrogen-bond acceptors (Lipinski definition) is 4. The normalized spacial score (nSPS) is 10.6. The second kappa shape index (κ2) is 6.61. The number of carbonyl (C=O) groups excluding carboxylic acids is 3. The Labute approximate surface area is 132 Å². The zero-order valence-corrected chi connectivity index (χ0v) is 12.1. The van der Waals surface area contributed by atoms with Gasteiger partial charge >= 0.3 is 6.09 Å². The van der Waals surface area contributed by atoms with Gasteiger partial charge in [-0.2, -0.15) is 0 Å². The van der Waals surface area contributed by atoms with Crippen LogP contribution in [0.4, 0.5) is 10.5 Å². The zero-order chi connectivity index (χ0) is 16.9. The number of para-hydroxylation sites is 1. The lowest BCUT2D eigenvalue weighted by Crippen LogP contribution is -2.54. The molecule has 0 atom stereocenters. The number of benzene rings is 2. The molecule has 0 saturated carbocycles. The van der Waals surface area contributed by atoms with Crippen LogP contribution in [0.1, 0.15) is 5.56 Å². The smallest absolute Gasteiger partial charge is 0.413 e. The highest BCUT2D eigenvalue weighted by molar-refractivity contribution is 6.09. The summed E-state index contributed by atoms with van der Waals surface area (Å²) in [6.45, 7) is 0. The van der Waals surface area contributed by atoms with Crippen molar-refractivity contribution in [2.24, 2.45) is 11.5 Å².